The van der Waals surface area contributed by atoms with Crippen molar-refractivity contribution in [2.24, 2.45) is 5.73 Å². The van der Waals surface area contributed by atoms with E-state index in [0.29, 0.717) is 0 Å². The number of aromatic hydroxyl groups is 1. The number of aromatic nitrogens is 1. The molecule has 0 aliphatic rings. The molecule has 0 saturated heterocycles. The van der Waals surface area contributed by atoms with E-state index < -0.39 is 29.3 Å². The van der Waals surface area contributed by atoms with Crippen molar-refractivity contribution < 1.29 is 23.4 Å². The van der Waals surface area contributed by atoms with Gasteiger partial charge in [-0.3, -0.25) is 4.98 Å². The van der Waals surface area contributed by atoms with Crippen molar-refractivity contribution in [2.45, 2.75) is 19.9 Å². The van der Waals surface area contributed by atoms with Gasteiger partial charge in [-0.25, -0.2) is 13.6 Å². The van der Waals surface area contributed by atoms with E-state index in [9.17, 15) is 18.7 Å². The third-order valence-corrected chi connectivity index (χ3v) is 2.08. The second-order valence-corrected chi connectivity index (χ2v) is 3.11. The zero-order chi connectivity index (χ0) is 13.0. The molecule has 94 valence electrons. The average Bonchev–Trinajstić information content (AvgIpc) is 2.28. The minimum absolute atomic E-state index is 0.0426. The van der Waals surface area contributed by atoms with Crippen LogP contribution in [0.4, 0.5) is 8.78 Å². The molecule has 0 aromatic carbocycles. The molecule has 17 heavy (non-hydrogen) atoms. The summed E-state index contributed by atoms with van der Waals surface area (Å²) in [7, 11) is 0. The molecule has 0 saturated carbocycles. The van der Waals surface area contributed by atoms with E-state index in [4.69, 9.17) is 5.73 Å². The van der Waals surface area contributed by atoms with Crippen LogP contribution in [0.25, 0.3) is 0 Å². The predicted octanol–water partition coefficient (Wildman–Crippen LogP) is 1.36. The zero-order valence-corrected chi connectivity index (χ0v) is 9.11. The van der Waals surface area contributed by atoms with Crippen LogP contribution in [0.5, 0.6) is 5.75 Å². The molecule has 5 nitrogen and oxygen atoms in total. The van der Waals surface area contributed by atoms with E-state index in [2.05, 4.69) is 9.72 Å². The molecular formula is C10H12F2N2O3. The quantitative estimate of drug-likeness (QED) is 0.783. The minimum atomic E-state index is -3.01. The maximum Gasteiger partial charge on any atom is 0.340 e. The van der Waals surface area contributed by atoms with Crippen LogP contribution in [0.15, 0.2) is 6.20 Å². The number of hydrogen-bond donors (Lipinski definition) is 2. The number of nitrogens with two attached hydrogens (primary N) is 1. The summed E-state index contributed by atoms with van der Waals surface area (Å²) in [6, 6.07) is 0. The van der Waals surface area contributed by atoms with E-state index in [-0.39, 0.29) is 18.8 Å². The lowest BCUT2D eigenvalue weighted by molar-refractivity contribution is 0.0513. The zero-order valence-electron chi connectivity index (χ0n) is 9.11. The second kappa shape index (κ2) is 5.53. The van der Waals surface area contributed by atoms with Crippen molar-refractivity contribution >= 4 is 5.97 Å². The molecule has 3 N–H and O–H groups in total. The lowest BCUT2D eigenvalue weighted by Gasteiger charge is -2.11. The Kier molecular flexibility index (Phi) is 4.33. The molecule has 0 radical (unpaired) electrons. The number of esters is 1. The van der Waals surface area contributed by atoms with E-state index in [1.54, 1.807) is 6.92 Å². The molecule has 0 fully saturated rings. The molecule has 1 rings (SSSR count). The normalized spacial score (nSPS) is 10.6. The fourth-order valence-electron chi connectivity index (χ4n) is 1.30. The van der Waals surface area contributed by atoms with Gasteiger partial charge in [-0.1, -0.05) is 0 Å². The highest BCUT2D eigenvalue weighted by Gasteiger charge is 2.25. The fraction of sp³-hybridized carbons (Fsp3) is 0.400. The van der Waals surface area contributed by atoms with Crippen LogP contribution in [0.2, 0.25) is 0 Å². The summed E-state index contributed by atoms with van der Waals surface area (Å²) in [4.78, 5) is 15.0. The summed E-state index contributed by atoms with van der Waals surface area (Å²) in [6.45, 7) is 1.39. The monoisotopic (exact) mass is 246 g/mol. The van der Waals surface area contributed by atoms with Gasteiger partial charge in [0.05, 0.1) is 23.4 Å². The predicted molar refractivity (Wildman–Crippen MR) is 54.7 cm³/mol. The highest BCUT2D eigenvalue weighted by molar-refractivity contribution is 5.91. The molecule has 1 aromatic heterocycles. The van der Waals surface area contributed by atoms with Gasteiger partial charge in [-0.05, 0) is 6.92 Å². The molecule has 1 aromatic rings. The van der Waals surface area contributed by atoms with Gasteiger partial charge >= 0.3 is 5.97 Å². The molecule has 1 heterocycles. The van der Waals surface area contributed by atoms with Crippen molar-refractivity contribution in [1.82, 2.24) is 4.98 Å². The largest absolute Gasteiger partial charge is 0.505 e. The van der Waals surface area contributed by atoms with Gasteiger partial charge in [0.15, 0.2) is 0 Å². The van der Waals surface area contributed by atoms with Gasteiger partial charge in [-0.2, -0.15) is 0 Å². The van der Waals surface area contributed by atoms with Gasteiger partial charge in [0.2, 0.25) is 0 Å². The lowest BCUT2D eigenvalue weighted by atomic mass is 10.1. The van der Waals surface area contributed by atoms with Crippen LogP contribution in [-0.2, 0) is 11.3 Å². The van der Waals surface area contributed by atoms with Crippen LogP contribution in [0.1, 0.15) is 35.0 Å². The Morgan fingerprint density at radius 2 is 2.29 bits per heavy atom. The Morgan fingerprint density at radius 3 is 2.76 bits per heavy atom. The Bertz CT molecular complexity index is 424. The number of nitrogens with zero attached hydrogens (tertiary/aromatic N) is 1. The first-order valence-corrected chi connectivity index (χ1v) is 4.89. The average molecular weight is 246 g/mol. The Labute approximate surface area is 96.2 Å². The third kappa shape index (κ3) is 2.68. The molecule has 0 bridgehead atoms. The topological polar surface area (TPSA) is 85.4 Å². The van der Waals surface area contributed by atoms with Gasteiger partial charge in [-0.15, -0.1) is 0 Å². The summed E-state index contributed by atoms with van der Waals surface area (Å²) in [5.74, 6) is -1.71. The third-order valence-electron chi connectivity index (χ3n) is 2.08. The Balaban J connectivity index is 3.31. The fourth-order valence-corrected chi connectivity index (χ4v) is 1.30. The van der Waals surface area contributed by atoms with E-state index >= 15 is 0 Å². The number of ether oxygens (including phenoxy) is 1. The van der Waals surface area contributed by atoms with E-state index in [1.165, 1.54) is 0 Å². The van der Waals surface area contributed by atoms with Crippen LogP contribution in [0.3, 0.4) is 0 Å². The Hall–Kier alpha value is -1.76. The number of rotatable bonds is 4. The number of halogens is 2. The van der Waals surface area contributed by atoms with Crippen LogP contribution in [0, 0.1) is 0 Å². The minimum Gasteiger partial charge on any atom is -0.505 e. The first kappa shape index (κ1) is 13.3. The van der Waals surface area contributed by atoms with Gasteiger partial charge in [0, 0.05) is 12.7 Å². The second-order valence-electron chi connectivity index (χ2n) is 3.11. The van der Waals surface area contributed by atoms with E-state index in [0.717, 1.165) is 6.20 Å². The van der Waals surface area contributed by atoms with Crippen molar-refractivity contribution in [2.75, 3.05) is 6.61 Å². The lowest BCUT2D eigenvalue weighted by Crippen LogP contribution is -2.12. The van der Waals surface area contributed by atoms with Crippen molar-refractivity contribution in [3.63, 3.8) is 0 Å². The number of alkyl halides is 2. The van der Waals surface area contributed by atoms with E-state index in [1.807, 2.05) is 0 Å². The number of hydrogen-bond acceptors (Lipinski definition) is 5. The molecule has 0 aliphatic carbocycles. The van der Waals surface area contributed by atoms with Crippen LogP contribution < -0.4 is 5.73 Å². The molecule has 0 aliphatic heterocycles. The van der Waals surface area contributed by atoms with Crippen molar-refractivity contribution in [3.05, 3.63) is 23.0 Å². The number of carbonyl (C=O) groups is 1. The molecular weight excluding hydrogens is 234 g/mol. The molecule has 0 atom stereocenters. The first-order valence-electron chi connectivity index (χ1n) is 4.89. The van der Waals surface area contributed by atoms with Crippen molar-refractivity contribution in [3.8, 4) is 5.75 Å². The standard InChI is InChI=1S/C10H12F2N2O3/c1-2-17-10(16)5-4-14-6(3-13)8(15)7(5)9(11)12/h4,9,15H,2-3,13H2,1H3. The number of pyridine rings is 1. The SMILES string of the molecule is CCOC(=O)c1cnc(CN)c(O)c1C(F)F. The van der Waals surface area contributed by atoms with Gasteiger partial charge in [0.1, 0.15) is 5.75 Å². The Morgan fingerprint density at radius 1 is 1.65 bits per heavy atom. The van der Waals surface area contributed by atoms with Crippen LogP contribution in [-0.4, -0.2) is 22.7 Å². The highest BCUT2D eigenvalue weighted by Crippen LogP contribution is 2.33. The summed E-state index contributed by atoms with van der Waals surface area (Å²) in [5, 5.41) is 9.53. The summed E-state index contributed by atoms with van der Waals surface area (Å²) < 4.78 is 30.1. The maximum absolute atomic E-state index is 12.8. The maximum atomic E-state index is 12.8. The first-order chi connectivity index (χ1) is 8.02. The summed E-state index contributed by atoms with van der Waals surface area (Å²) in [5.41, 5.74) is 3.89. The smallest absolute Gasteiger partial charge is 0.340 e. The van der Waals surface area contributed by atoms with Gasteiger partial charge < -0.3 is 15.6 Å². The molecule has 0 spiro atoms. The van der Waals surface area contributed by atoms with Gasteiger partial charge in [0.25, 0.3) is 6.43 Å². The van der Waals surface area contributed by atoms with Crippen LogP contribution >= 0.6 is 0 Å². The molecule has 7 heteroatoms. The van der Waals surface area contributed by atoms with Crippen molar-refractivity contribution in [1.29, 1.82) is 0 Å². The number of carbonyl (C=O) groups excluding carboxylic acids is 1. The molecule has 0 unspecified atom stereocenters. The molecule has 0 amide bonds. The summed E-state index contributed by atoms with van der Waals surface area (Å²) in [6.07, 6.45) is -2.08. The highest BCUT2D eigenvalue weighted by atomic mass is 19.3. The summed E-state index contributed by atoms with van der Waals surface area (Å²) >= 11 is 0.